The van der Waals surface area contributed by atoms with Gasteiger partial charge in [-0.1, -0.05) is 84.0 Å². The third kappa shape index (κ3) is 18.2. The Hall–Kier alpha value is -0.140. The molecule has 0 saturated carbocycles. The molecule has 2 atom stereocenters. The first-order chi connectivity index (χ1) is 11.7. The van der Waals surface area contributed by atoms with E-state index >= 15 is 0 Å². The normalized spacial score (nSPS) is 12.3. The van der Waals surface area contributed by atoms with Gasteiger partial charge in [-0.3, -0.25) is 4.79 Å². The summed E-state index contributed by atoms with van der Waals surface area (Å²) in [6.45, 7) is 5.19. The van der Waals surface area contributed by atoms with Crippen molar-refractivity contribution < 1.29 is 14.3 Å². The summed E-state index contributed by atoms with van der Waals surface area (Å²) in [6.07, 6.45) is 17.7. The predicted octanol–water partition coefficient (Wildman–Crippen LogP) is 6.25. The second-order valence-electron chi connectivity index (χ2n) is 6.67. The molecule has 0 aliphatic carbocycles. The van der Waals surface area contributed by atoms with Gasteiger partial charge in [0.2, 0.25) is 0 Å². The van der Waals surface area contributed by atoms with E-state index in [1.165, 1.54) is 70.6 Å². The maximum atomic E-state index is 11.6. The lowest BCUT2D eigenvalue weighted by atomic mass is 10.0. The molecule has 2 unspecified atom stereocenters. The van der Waals surface area contributed by atoms with Gasteiger partial charge in [0.1, 0.15) is 12.5 Å². The van der Waals surface area contributed by atoms with Crippen molar-refractivity contribution in [2.75, 3.05) is 13.2 Å². The average molecular weight is 361 g/mol. The molecule has 4 heteroatoms. The molecule has 24 heavy (non-hydrogen) atoms. The number of hydrogen-bond acceptors (Lipinski definition) is 3. The van der Waals surface area contributed by atoms with Crippen LogP contribution in [-0.2, 0) is 14.3 Å². The van der Waals surface area contributed by atoms with Gasteiger partial charge < -0.3 is 9.47 Å². The minimum atomic E-state index is -0.0924. The zero-order valence-electron chi connectivity index (χ0n) is 16.2. The molecule has 0 aromatic heterocycles. The van der Waals surface area contributed by atoms with Crippen molar-refractivity contribution in [3.8, 4) is 0 Å². The zero-order chi connectivity index (χ0) is 17.9. The highest BCUT2D eigenvalue weighted by Crippen LogP contribution is 2.13. The summed E-state index contributed by atoms with van der Waals surface area (Å²) in [5, 5.41) is 0. The van der Waals surface area contributed by atoms with Gasteiger partial charge in [0.15, 0.2) is 0 Å². The van der Waals surface area contributed by atoms with Crippen molar-refractivity contribution in [1.29, 1.82) is 0 Å². The van der Waals surface area contributed by atoms with E-state index in [4.69, 9.17) is 9.47 Å². The van der Waals surface area contributed by atoms with Crippen molar-refractivity contribution in [3.05, 3.63) is 0 Å². The van der Waals surface area contributed by atoms with Crippen LogP contribution < -0.4 is 0 Å². The fraction of sp³-hybridized carbons (Fsp3) is 0.950. The maximum absolute atomic E-state index is 11.6. The summed E-state index contributed by atoms with van der Waals surface area (Å²) < 4.78 is 10.5. The zero-order valence-corrected chi connectivity index (χ0v) is 17.3. The van der Waals surface area contributed by atoms with E-state index in [1.807, 2.05) is 6.92 Å². The lowest BCUT2D eigenvalue weighted by molar-refractivity contribution is -0.146. The number of carbonyl (C=O) groups is 1. The summed E-state index contributed by atoms with van der Waals surface area (Å²) >= 11 is 0. The number of hydrogen-bond donors (Lipinski definition) is 0. The van der Waals surface area contributed by atoms with Gasteiger partial charge in [-0.05, 0) is 13.3 Å². The van der Waals surface area contributed by atoms with Crippen LogP contribution in [0.2, 0.25) is 0 Å². The molecule has 0 saturated heterocycles. The molecule has 0 aliphatic rings. The van der Waals surface area contributed by atoms with Gasteiger partial charge in [-0.15, -0.1) is 9.24 Å². The van der Waals surface area contributed by atoms with Crippen molar-refractivity contribution in [1.82, 2.24) is 0 Å². The number of ether oxygens (including phenoxy) is 2. The molecular formula is C20H41O3P. The first kappa shape index (κ1) is 23.9. The first-order valence-electron chi connectivity index (χ1n) is 10.2. The Morgan fingerprint density at radius 1 is 0.792 bits per heavy atom. The molecule has 144 valence electrons. The number of unbranched alkanes of at least 4 members (excludes halogenated alkanes) is 12. The van der Waals surface area contributed by atoms with Crippen LogP contribution in [-0.4, -0.2) is 25.0 Å². The second-order valence-corrected chi connectivity index (χ2v) is 7.41. The predicted molar refractivity (Wildman–Crippen MR) is 106 cm³/mol. The van der Waals surface area contributed by atoms with Gasteiger partial charge >= 0.3 is 5.97 Å². The van der Waals surface area contributed by atoms with E-state index in [2.05, 4.69) is 16.2 Å². The quantitative estimate of drug-likeness (QED) is 0.165. The minimum Gasteiger partial charge on any atom is -0.463 e. The van der Waals surface area contributed by atoms with Crippen LogP contribution in [0.1, 0.15) is 104 Å². The number of esters is 1. The van der Waals surface area contributed by atoms with E-state index in [9.17, 15) is 4.79 Å². The summed E-state index contributed by atoms with van der Waals surface area (Å²) in [5.41, 5.74) is 0. The average Bonchev–Trinajstić information content (AvgIpc) is 2.57. The Balaban J connectivity index is 3.18. The van der Waals surface area contributed by atoms with Crippen LogP contribution in [0, 0.1) is 0 Å². The Morgan fingerprint density at radius 2 is 1.25 bits per heavy atom. The Kier molecular flexibility index (Phi) is 19.1. The Labute approximate surface area is 152 Å². The van der Waals surface area contributed by atoms with Crippen LogP contribution in [0.25, 0.3) is 0 Å². The molecule has 3 nitrogen and oxygen atoms in total. The van der Waals surface area contributed by atoms with Gasteiger partial charge in [-0.25, -0.2) is 0 Å². The lowest BCUT2D eigenvalue weighted by Gasteiger charge is -2.11. The Morgan fingerprint density at radius 3 is 1.71 bits per heavy atom. The molecule has 0 fully saturated rings. The number of carbonyl (C=O) groups excluding carboxylic acids is 1. The second kappa shape index (κ2) is 19.2. The maximum Gasteiger partial charge on any atom is 0.305 e. The minimum absolute atomic E-state index is 0.0782. The van der Waals surface area contributed by atoms with E-state index in [0.717, 1.165) is 12.8 Å². The molecule has 0 spiro atoms. The monoisotopic (exact) mass is 360 g/mol. The van der Waals surface area contributed by atoms with Crippen LogP contribution in [0.5, 0.6) is 0 Å². The van der Waals surface area contributed by atoms with Crippen molar-refractivity contribution in [3.63, 3.8) is 0 Å². The van der Waals surface area contributed by atoms with E-state index < -0.39 is 0 Å². The molecule has 0 rings (SSSR count). The first-order valence-corrected chi connectivity index (χ1v) is 10.9. The summed E-state index contributed by atoms with van der Waals surface area (Å²) in [5.74, 6) is -0.171. The summed E-state index contributed by atoms with van der Waals surface area (Å²) in [7, 11) is 2.55. The third-order valence-corrected chi connectivity index (χ3v) is 4.66. The SMILES string of the molecule is CCCCCCCCCCCCCCCC(=O)OCC(P)OCC. The topological polar surface area (TPSA) is 35.5 Å². The van der Waals surface area contributed by atoms with E-state index in [-0.39, 0.29) is 11.8 Å². The fourth-order valence-corrected chi connectivity index (χ4v) is 3.09. The van der Waals surface area contributed by atoms with Crippen LogP contribution >= 0.6 is 9.24 Å². The van der Waals surface area contributed by atoms with Crippen molar-refractivity contribution in [2.45, 2.75) is 110 Å². The van der Waals surface area contributed by atoms with E-state index in [1.54, 1.807) is 0 Å². The summed E-state index contributed by atoms with van der Waals surface area (Å²) in [6, 6.07) is 0. The van der Waals surface area contributed by atoms with Crippen LogP contribution in [0.4, 0.5) is 0 Å². The third-order valence-electron chi connectivity index (χ3n) is 4.27. The molecule has 0 N–H and O–H groups in total. The smallest absolute Gasteiger partial charge is 0.305 e. The molecule has 0 heterocycles. The molecule has 0 amide bonds. The molecule has 0 aromatic carbocycles. The molecular weight excluding hydrogens is 319 g/mol. The van der Waals surface area contributed by atoms with Gasteiger partial charge in [0.05, 0.1) is 0 Å². The largest absolute Gasteiger partial charge is 0.463 e. The lowest BCUT2D eigenvalue weighted by Crippen LogP contribution is -2.16. The fourth-order valence-electron chi connectivity index (χ4n) is 2.80. The standard InChI is InChI=1S/C20H41O3P/c1-3-5-6-7-8-9-10-11-12-13-14-15-16-17-19(21)23-18-20(24)22-4-2/h20H,3-18,24H2,1-2H3. The van der Waals surface area contributed by atoms with Gasteiger partial charge in [0, 0.05) is 13.0 Å². The molecule has 0 aliphatic heterocycles. The highest BCUT2D eigenvalue weighted by atomic mass is 31.0. The van der Waals surface area contributed by atoms with Gasteiger partial charge in [0.25, 0.3) is 0 Å². The molecule has 0 radical (unpaired) electrons. The number of rotatable bonds is 18. The van der Waals surface area contributed by atoms with E-state index in [0.29, 0.717) is 19.6 Å². The Bertz CT molecular complexity index is 272. The van der Waals surface area contributed by atoms with Crippen LogP contribution in [0.3, 0.4) is 0 Å². The highest BCUT2D eigenvalue weighted by molar-refractivity contribution is 7.17. The van der Waals surface area contributed by atoms with Crippen LogP contribution in [0.15, 0.2) is 0 Å². The van der Waals surface area contributed by atoms with Crippen molar-refractivity contribution in [2.24, 2.45) is 0 Å². The molecule has 0 aromatic rings. The summed E-state index contributed by atoms with van der Waals surface area (Å²) in [4.78, 5) is 11.6. The van der Waals surface area contributed by atoms with Crippen molar-refractivity contribution >= 4 is 15.2 Å². The van der Waals surface area contributed by atoms with Gasteiger partial charge in [-0.2, -0.15) is 0 Å². The highest BCUT2D eigenvalue weighted by Gasteiger charge is 2.06. The molecule has 0 bridgehead atoms.